The lowest BCUT2D eigenvalue weighted by Crippen LogP contribution is -2.23. The number of carbonyl (C=O) groups is 2. The van der Waals surface area contributed by atoms with Gasteiger partial charge < -0.3 is 23.9 Å². The Balaban J connectivity index is 1.70. The van der Waals surface area contributed by atoms with Gasteiger partial charge in [0.2, 0.25) is 0 Å². The molecular formula is C23H24INO6. The van der Waals surface area contributed by atoms with E-state index in [0.717, 1.165) is 25.7 Å². The number of fused-ring (bicyclic) bond motifs is 1. The molecule has 0 saturated carbocycles. The van der Waals surface area contributed by atoms with Crippen molar-refractivity contribution in [3.63, 3.8) is 0 Å². The van der Waals surface area contributed by atoms with E-state index in [2.05, 4.69) is 27.9 Å². The molecule has 0 aliphatic carbocycles. The molecule has 0 bridgehead atoms. The van der Waals surface area contributed by atoms with Crippen LogP contribution in [0, 0.1) is 3.57 Å². The molecule has 1 N–H and O–H groups in total. The van der Waals surface area contributed by atoms with Gasteiger partial charge in [-0.05, 0) is 66.3 Å². The Bertz CT molecular complexity index is 1060. The first-order valence-corrected chi connectivity index (χ1v) is 11.1. The zero-order chi connectivity index (χ0) is 22.2. The van der Waals surface area contributed by atoms with Gasteiger partial charge in [0.1, 0.15) is 23.7 Å². The minimum atomic E-state index is -0.478. The van der Waals surface area contributed by atoms with Crippen molar-refractivity contribution in [3.8, 4) is 5.75 Å². The number of para-hydroxylation sites is 1. The number of halogens is 1. The molecule has 0 saturated heterocycles. The van der Waals surface area contributed by atoms with E-state index in [1.165, 1.54) is 0 Å². The van der Waals surface area contributed by atoms with Gasteiger partial charge in [-0.3, -0.25) is 4.79 Å². The number of nitrogens with one attached hydrogen (secondary N) is 1. The summed E-state index contributed by atoms with van der Waals surface area (Å²) in [7, 11) is 0. The highest BCUT2D eigenvalue weighted by atomic mass is 127. The first-order chi connectivity index (χ1) is 15.0. The first-order valence-electron chi connectivity index (χ1n) is 9.98. The number of benzene rings is 2. The largest absolute Gasteiger partial charge is 0.489 e. The van der Waals surface area contributed by atoms with Crippen LogP contribution in [0.3, 0.4) is 0 Å². The van der Waals surface area contributed by atoms with E-state index in [-0.39, 0.29) is 18.9 Å². The predicted molar refractivity (Wildman–Crippen MR) is 124 cm³/mol. The number of hydrogen-bond acceptors (Lipinski definition) is 6. The van der Waals surface area contributed by atoms with Gasteiger partial charge in [0.25, 0.3) is 0 Å². The van der Waals surface area contributed by atoms with Crippen LogP contribution in [-0.4, -0.2) is 25.3 Å². The van der Waals surface area contributed by atoms with Crippen LogP contribution in [0.15, 0.2) is 46.9 Å². The standard InChI is InChI=1S/C23H24INO6/c1-3-28-21(26)12-16-7-5-6-8-20(16)30-14-15-9-17-11-18(13-25-23(27)29-4-2)31-22(17)19(24)10-15/h5-11H,3-4,12-14H2,1-2H3,(H,25,27). The molecule has 3 rings (SSSR count). The summed E-state index contributed by atoms with van der Waals surface area (Å²) in [5, 5.41) is 3.57. The molecule has 0 unspecified atom stereocenters. The highest BCUT2D eigenvalue weighted by Gasteiger charge is 2.13. The maximum Gasteiger partial charge on any atom is 0.407 e. The summed E-state index contributed by atoms with van der Waals surface area (Å²) in [5.74, 6) is 1.01. The highest BCUT2D eigenvalue weighted by Crippen LogP contribution is 2.28. The van der Waals surface area contributed by atoms with Crippen LogP contribution in [0.25, 0.3) is 11.0 Å². The number of carbonyl (C=O) groups excluding carboxylic acids is 2. The number of furan rings is 1. The van der Waals surface area contributed by atoms with Gasteiger partial charge >= 0.3 is 12.1 Å². The molecule has 1 amide bonds. The van der Waals surface area contributed by atoms with Crippen molar-refractivity contribution < 1.29 is 28.2 Å². The molecule has 7 nitrogen and oxygen atoms in total. The van der Waals surface area contributed by atoms with Gasteiger partial charge in [0.15, 0.2) is 0 Å². The number of alkyl carbamates (subject to hydrolysis) is 1. The van der Waals surface area contributed by atoms with Crippen molar-refractivity contribution >= 4 is 45.6 Å². The van der Waals surface area contributed by atoms with Crippen LogP contribution in [-0.2, 0) is 33.8 Å². The van der Waals surface area contributed by atoms with Gasteiger partial charge in [-0.2, -0.15) is 0 Å². The molecule has 0 radical (unpaired) electrons. The number of ether oxygens (including phenoxy) is 3. The minimum Gasteiger partial charge on any atom is -0.489 e. The Morgan fingerprint density at radius 3 is 2.61 bits per heavy atom. The molecule has 0 atom stereocenters. The quantitative estimate of drug-likeness (QED) is 0.307. The Morgan fingerprint density at radius 1 is 1.06 bits per heavy atom. The third kappa shape index (κ3) is 6.36. The normalized spacial score (nSPS) is 10.7. The Hall–Kier alpha value is -2.75. The summed E-state index contributed by atoms with van der Waals surface area (Å²) in [6.45, 7) is 4.79. The zero-order valence-corrected chi connectivity index (χ0v) is 19.6. The predicted octanol–water partition coefficient (Wildman–Crippen LogP) is 4.97. The zero-order valence-electron chi connectivity index (χ0n) is 17.4. The maximum absolute atomic E-state index is 11.8. The van der Waals surface area contributed by atoms with Crippen molar-refractivity contribution in [2.24, 2.45) is 0 Å². The van der Waals surface area contributed by atoms with Crippen molar-refractivity contribution in [2.75, 3.05) is 13.2 Å². The van der Waals surface area contributed by atoms with Gasteiger partial charge in [0, 0.05) is 10.9 Å². The molecule has 1 aromatic heterocycles. The third-order valence-electron chi connectivity index (χ3n) is 4.37. The molecular weight excluding hydrogens is 513 g/mol. The smallest absolute Gasteiger partial charge is 0.407 e. The lowest BCUT2D eigenvalue weighted by Gasteiger charge is -2.11. The van der Waals surface area contributed by atoms with E-state index in [1.54, 1.807) is 13.8 Å². The number of amides is 1. The fraction of sp³-hybridized carbons (Fsp3) is 0.304. The lowest BCUT2D eigenvalue weighted by atomic mass is 10.1. The summed E-state index contributed by atoms with van der Waals surface area (Å²) >= 11 is 2.22. The molecule has 3 aromatic rings. The van der Waals surface area contributed by atoms with E-state index in [0.29, 0.717) is 31.3 Å². The number of esters is 1. The second-order valence-electron chi connectivity index (χ2n) is 6.66. The van der Waals surface area contributed by atoms with Crippen molar-refractivity contribution in [3.05, 3.63) is 62.9 Å². The Kier molecular flexibility index (Phi) is 8.16. The summed E-state index contributed by atoms with van der Waals surface area (Å²) in [4.78, 5) is 23.3. The Morgan fingerprint density at radius 2 is 1.84 bits per heavy atom. The van der Waals surface area contributed by atoms with Crippen LogP contribution in [0.4, 0.5) is 4.79 Å². The fourth-order valence-corrected chi connectivity index (χ4v) is 3.87. The van der Waals surface area contributed by atoms with Crippen LogP contribution >= 0.6 is 22.6 Å². The molecule has 164 valence electrons. The summed E-state index contributed by atoms with van der Waals surface area (Å²) in [6.07, 6.45) is -0.313. The van der Waals surface area contributed by atoms with Crippen LogP contribution < -0.4 is 10.1 Å². The second kappa shape index (κ2) is 11.0. The topological polar surface area (TPSA) is 87.0 Å². The average molecular weight is 537 g/mol. The van der Waals surface area contributed by atoms with E-state index in [4.69, 9.17) is 18.6 Å². The minimum absolute atomic E-state index is 0.166. The van der Waals surface area contributed by atoms with E-state index in [9.17, 15) is 9.59 Å². The monoisotopic (exact) mass is 537 g/mol. The summed E-state index contributed by atoms with van der Waals surface area (Å²) in [5.41, 5.74) is 2.51. The van der Waals surface area contributed by atoms with Gasteiger partial charge in [0.05, 0.1) is 29.7 Å². The molecule has 0 aliphatic rings. The van der Waals surface area contributed by atoms with Crippen LogP contribution in [0.1, 0.15) is 30.7 Å². The number of rotatable bonds is 9. The van der Waals surface area contributed by atoms with E-state index >= 15 is 0 Å². The molecule has 0 fully saturated rings. The van der Waals surface area contributed by atoms with E-state index in [1.807, 2.05) is 42.5 Å². The lowest BCUT2D eigenvalue weighted by molar-refractivity contribution is -0.142. The number of hydrogen-bond donors (Lipinski definition) is 1. The molecule has 0 spiro atoms. The van der Waals surface area contributed by atoms with Crippen molar-refractivity contribution in [2.45, 2.75) is 33.4 Å². The average Bonchev–Trinajstić information content (AvgIpc) is 3.16. The maximum atomic E-state index is 11.8. The SMILES string of the molecule is CCOC(=O)Cc1ccccc1OCc1cc(I)c2oc(CNC(=O)OCC)cc2c1. The second-order valence-corrected chi connectivity index (χ2v) is 7.82. The molecule has 31 heavy (non-hydrogen) atoms. The van der Waals surface area contributed by atoms with E-state index < -0.39 is 6.09 Å². The van der Waals surface area contributed by atoms with Gasteiger partial charge in [-0.25, -0.2) is 4.79 Å². The molecule has 2 aromatic carbocycles. The Labute approximate surface area is 194 Å². The first kappa shape index (κ1) is 22.9. The van der Waals surface area contributed by atoms with Crippen LogP contribution in [0.2, 0.25) is 0 Å². The molecule has 0 aliphatic heterocycles. The van der Waals surface area contributed by atoms with Gasteiger partial charge in [-0.15, -0.1) is 0 Å². The summed E-state index contributed by atoms with van der Waals surface area (Å²) < 4.78 is 22.7. The molecule has 8 heteroatoms. The van der Waals surface area contributed by atoms with Crippen molar-refractivity contribution in [1.82, 2.24) is 5.32 Å². The summed E-state index contributed by atoms with van der Waals surface area (Å²) in [6, 6.07) is 13.3. The molecule has 1 heterocycles. The fourth-order valence-electron chi connectivity index (χ4n) is 3.05. The van der Waals surface area contributed by atoms with Crippen LogP contribution in [0.5, 0.6) is 5.75 Å². The van der Waals surface area contributed by atoms with Crippen molar-refractivity contribution in [1.29, 1.82) is 0 Å². The highest BCUT2D eigenvalue weighted by molar-refractivity contribution is 14.1. The third-order valence-corrected chi connectivity index (χ3v) is 5.17. The van der Waals surface area contributed by atoms with Gasteiger partial charge in [-0.1, -0.05) is 18.2 Å².